The molecule has 92 valence electrons. The lowest BCUT2D eigenvalue weighted by Gasteiger charge is -2.30. The number of nitrogens with zero attached hydrogens (tertiary/aromatic N) is 1. The number of anilines is 1. The fraction of sp³-hybridized carbons (Fsp3) is 0.500. The van der Waals surface area contributed by atoms with Crippen LogP contribution in [0.4, 0.5) is 5.69 Å². The van der Waals surface area contributed by atoms with Gasteiger partial charge in [-0.25, -0.2) is 0 Å². The van der Waals surface area contributed by atoms with Gasteiger partial charge in [-0.05, 0) is 25.0 Å². The van der Waals surface area contributed by atoms with Crippen LogP contribution in [0.3, 0.4) is 0 Å². The van der Waals surface area contributed by atoms with E-state index in [0.717, 1.165) is 37.7 Å². The van der Waals surface area contributed by atoms with E-state index in [1.807, 2.05) is 30.1 Å². The summed E-state index contributed by atoms with van der Waals surface area (Å²) in [5.74, 6) is 0. The van der Waals surface area contributed by atoms with Crippen molar-refractivity contribution in [2.24, 2.45) is 0 Å². The highest BCUT2D eigenvalue weighted by Gasteiger charge is 2.32. The lowest BCUT2D eigenvalue weighted by Crippen LogP contribution is -2.39. The summed E-state index contributed by atoms with van der Waals surface area (Å²) in [5, 5.41) is 10.4. The Bertz CT molecular complexity index is 397. The zero-order chi connectivity index (χ0) is 12.3. The van der Waals surface area contributed by atoms with Crippen molar-refractivity contribution >= 4 is 12.0 Å². The van der Waals surface area contributed by atoms with Gasteiger partial charge in [-0.3, -0.25) is 4.79 Å². The molecule has 0 aliphatic heterocycles. The SMILES string of the molecule is CN(CC1(O)CCCC1)c1ccccc1C=O. The predicted octanol–water partition coefficient (Wildman–Crippen LogP) is 2.24. The van der Waals surface area contributed by atoms with Gasteiger partial charge in [0, 0.05) is 24.8 Å². The molecular formula is C14H19NO2. The van der Waals surface area contributed by atoms with Crippen molar-refractivity contribution in [3.8, 4) is 0 Å². The Labute approximate surface area is 102 Å². The number of benzene rings is 1. The Morgan fingerprint density at radius 2 is 2.00 bits per heavy atom. The van der Waals surface area contributed by atoms with Crippen LogP contribution >= 0.6 is 0 Å². The summed E-state index contributed by atoms with van der Waals surface area (Å²) in [7, 11) is 1.93. The van der Waals surface area contributed by atoms with E-state index in [1.165, 1.54) is 0 Å². The van der Waals surface area contributed by atoms with E-state index >= 15 is 0 Å². The van der Waals surface area contributed by atoms with E-state index in [0.29, 0.717) is 12.1 Å². The maximum absolute atomic E-state index is 11.0. The maximum Gasteiger partial charge on any atom is 0.152 e. The molecular weight excluding hydrogens is 214 g/mol. The molecule has 1 aliphatic carbocycles. The first kappa shape index (κ1) is 12.1. The average Bonchev–Trinajstić information content (AvgIpc) is 2.75. The van der Waals surface area contributed by atoms with Gasteiger partial charge in [0.15, 0.2) is 6.29 Å². The van der Waals surface area contributed by atoms with E-state index in [1.54, 1.807) is 6.07 Å². The first-order chi connectivity index (χ1) is 8.14. The van der Waals surface area contributed by atoms with Gasteiger partial charge in [-0.15, -0.1) is 0 Å². The van der Waals surface area contributed by atoms with E-state index in [4.69, 9.17) is 0 Å². The molecule has 1 aromatic rings. The molecule has 1 aromatic carbocycles. The van der Waals surface area contributed by atoms with Crippen LogP contribution < -0.4 is 4.90 Å². The second-order valence-corrected chi connectivity index (χ2v) is 4.96. The van der Waals surface area contributed by atoms with E-state index in [2.05, 4.69) is 0 Å². The first-order valence-electron chi connectivity index (χ1n) is 6.12. The van der Waals surface area contributed by atoms with Gasteiger partial charge in [0.25, 0.3) is 0 Å². The number of para-hydroxylation sites is 1. The van der Waals surface area contributed by atoms with E-state index < -0.39 is 5.60 Å². The number of carbonyl (C=O) groups excluding carboxylic acids is 1. The Kier molecular flexibility index (Phi) is 3.48. The van der Waals surface area contributed by atoms with Crippen LogP contribution in [0.2, 0.25) is 0 Å². The topological polar surface area (TPSA) is 40.5 Å². The van der Waals surface area contributed by atoms with Crippen molar-refractivity contribution in [1.29, 1.82) is 0 Å². The van der Waals surface area contributed by atoms with Gasteiger partial charge in [-0.2, -0.15) is 0 Å². The number of aldehydes is 1. The molecule has 3 heteroatoms. The van der Waals surface area contributed by atoms with Crippen molar-refractivity contribution < 1.29 is 9.90 Å². The Morgan fingerprint density at radius 1 is 1.35 bits per heavy atom. The third kappa shape index (κ3) is 2.67. The molecule has 0 aromatic heterocycles. The van der Waals surface area contributed by atoms with E-state index in [9.17, 15) is 9.90 Å². The normalized spacial score (nSPS) is 18.0. The number of hydrogen-bond acceptors (Lipinski definition) is 3. The van der Waals surface area contributed by atoms with Crippen molar-refractivity contribution in [3.63, 3.8) is 0 Å². The van der Waals surface area contributed by atoms with Crippen molar-refractivity contribution in [3.05, 3.63) is 29.8 Å². The zero-order valence-corrected chi connectivity index (χ0v) is 10.2. The second kappa shape index (κ2) is 4.88. The van der Waals surface area contributed by atoms with Crippen LogP contribution in [-0.4, -0.2) is 30.6 Å². The van der Waals surface area contributed by atoms with Gasteiger partial charge in [0.1, 0.15) is 0 Å². The van der Waals surface area contributed by atoms with Gasteiger partial charge in [0.05, 0.1) is 5.60 Å². The number of aliphatic hydroxyl groups is 1. The molecule has 0 saturated heterocycles. The van der Waals surface area contributed by atoms with Crippen LogP contribution in [0.15, 0.2) is 24.3 Å². The fourth-order valence-electron chi connectivity index (χ4n) is 2.65. The highest BCUT2D eigenvalue weighted by atomic mass is 16.3. The summed E-state index contributed by atoms with van der Waals surface area (Å²) in [5.41, 5.74) is 0.990. The molecule has 17 heavy (non-hydrogen) atoms. The lowest BCUT2D eigenvalue weighted by atomic mass is 10.0. The molecule has 0 spiro atoms. The third-order valence-corrected chi connectivity index (χ3v) is 3.54. The van der Waals surface area contributed by atoms with Gasteiger partial charge >= 0.3 is 0 Å². The molecule has 0 heterocycles. The fourth-order valence-corrected chi connectivity index (χ4v) is 2.65. The quantitative estimate of drug-likeness (QED) is 0.811. The van der Waals surface area contributed by atoms with Crippen LogP contribution in [0.25, 0.3) is 0 Å². The Balaban J connectivity index is 2.13. The minimum absolute atomic E-state index is 0.579. The van der Waals surface area contributed by atoms with E-state index in [-0.39, 0.29) is 0 Å². The second-order valence-electron chi connectivity index (χ2n) is 4.96. The van der Waals surface area contributed by atoms with Crippen LogP contribution in [0.5, 0.6) is 0 Å². The number of likely N-dealkylation sites (N-methyl/N-ethyl adjacent to an activating group) is 1. The van der Waals surface area contributed by atoms with Crippen molar-refractivity contribution in [2.45, 2.75) is 31.3 Å². The largest absolute Gasteiger partial charge is 0.388 e. The molecule has 0 amide bonds. The molecule has 0 atom stereocenters. The van der Waals surface area contributed by atoms with Gasteiger partial charge in [-0.1, -0.05) is 25.0 Å². The Hall–Kier alpha value is -1.35. The monoisotopic (exact) mass is 233 g/mol. The molecule has 1 saturated carbocycles. The van der Waals surface area contributed by atoms with Gasteiger partial charge < -0.3 is 10.0 Å². The number of carbonyl (C=O) groups is 1. The maximum atomic E-state index is 11.0. The van der Waals surface area contributed by atoms with Gasteiger partial charge in [0.2, 0.25) is 0 Å². The molecule has 1 aliphatic rings. The van der Waals surface area contributed by atoms with Crippen LogP contribution in [-0.2, 0) is 0 Å². The number of hydrogen-bond donors (Lipinski definition) is 1. The third-order valence-electron chi connectivity index (χ3n) is 3.54. The van der Waals surface area contributed by atoms with Crippen molar-refractivity contribution in [1.82, 2.24) is 0 Å². The summed E-state index contributed by atoms with van der Waals surface area (Å²) >= 11 is 0. The first-order valence-corrected chi connectivity index (χ1v) is 6.12. The predicted molar refractivity (Wildman–Crippen MR) is 68.5 cm³/mol. The molecule has 2 rings (SSSR count). The Morgan fingerprint density at radius 3 is 2.65 bits per heavy atom. The van der Waals surface area contributed by atoms with Crippen LogP contribution in [0, 0.1) is 0 Å². The smallest absolute Gasteiger partial charge is 0.152 e. The average molecular weight is 233 g/mol. The molecule has 0 unspecified atom stereocenters. The highest BCUT2D eigenvalue weighted by Crippen LogP contribution is 2.31. The zero-order valence-electron chi connectivity index (χ0n) is 10.2. The minimum atomic E-state index is -0.579. The van der Waals surface area contributed by atoms with Crippen molar-refractivity contribution in [2.75, 3.05) is 18.5 Å². The minimum Gasteiger partial charge on any atom is -0.388 e. The summed E-state index contributed by atoms with van der Waals surface area (Å²) in [6, 6.07) is 7.49. The summed E-state index contributed by atoms with van der Waals surface area (Å²) < 4.78 is 0. The number of rotatable bonds is 4. The molecule has 0 radical (unpaired) electrons. The molecule has 3 nitrogen and oxygen atoms in total. The summed E-state index contributed by atoms with van der Waals surface area (Å²) in [4.78, 5) is 12.9. The summed E-state index contributed by atoms with van der Waals surface area (Å²) in [6.45, 7) is 0.595. The standard InChI is InChI=1S/C14H19NO2/c1-15(11-14(17)8-4-5-9-14)13-7-3-2-6-12(13)10-16/h2-3,6-7,10,17H,4-5,8-9,11H2,1H3. The lowest BCUT2D eigenvalue weighted by molar-refractivity contribution is 0.0559. The molecule has 1 N–H and O–H groups in total. The van der Waals surface area contributed by atoms with Crippen LogP contribution in [0.1, 0.15) is 36.0 Å². The highest BCUT2D eigenvalue weighted by molar-refractivity contribution is 5.84. The summed E-state index contributed by atoms with van der Waals surface area (Å²) in [6.07, 6.45) is 4.78. The molecule has 1 fully saturated rings. The molecule has 0 bridgehead atoms.